The van der Waals surface area contributed by atoms with Gasteiger partial charge in [-0.05, 0) is 70.1 Å². The van der Waals surface area contributed by atoms with Gasteiger partial charge in [0.15, 0.2) is 0 Å². The van der Waals surface area contributed by atoms with Crippen LogP contribution in [-0.2, 0) is 14.3 Å². The average Bonchev–Trinajstić information content (AvgIpc) is 2.49. The largest absolute Gasteiger partial charge is 0.480 e. The summed E-state index contributed by atoms with van der Waals surface area (Å²) in [6.45, 7) is 3.67. The fraction of sp³-hybridized carbons (Fsp3) is 0.889. The molecule has 0 heterocycles. The molecule has 136 valence electrons. The molecule has 0 amide bonds. The first-order chi connectivity index (χ1) is 11.4. The van der Waals surface area contributed by atoms with Crippen molar-refractivity contribution in [3.63, 3.8) is 0 Å². The second kappa shape index (κ2) is 7.24. The van der Waals surface area contributed by atoms with Gasteiger partial charge in [0.25, 0.3) is 0 Å². The second-order valence-corrected chi connectivity index (χ2v) is 9.43. The molecule has 0 aromatic heterocycles. The van der Waals surface area contributed by atoms with E-state index in [-0.39, 0.29) is 5.97 Å². The number of nitrogens with one attached hydrogen (secondary N) is 1. The zero-order valence-electron chi connectivity index (χ0n) is 14.6. The number of carboxylic acids is 1. The summed E-state index contributed by atoms with van der Waals surface area (Å²) in [5.74, 6) is 1.94. The molecule has 24 heavy (non-hydrogen) atoms. The lowest BCUT2D eigenvalue weighted by molar-refractivity contribution is -0.146. The molecule has 0 saturated heterocycles. The summed E-state index contributed by atoms with van der Waals surface area (Å²) in [6, 6.07) is -1.30. The second-order valence-electron chi connectivity index (χ2n) is 7.94. The van der Waals surface area contributed by atoms with Gasteiger partial charge in [0.2, 0.25) is 0 Å². The number of aliphatic carboxylic acids is 1. The van der Waals surface area contributed by atoms with Crippen molar-refractivity contribution < 1.29 is 19.4 Å². The topological polar surface area (TPSA) is 75.6 Å². The number of carboxylic acid groups (broad SMARTS) is 1. The number of carbonyl (C=O) groups excluding carboxylic acids is 1. The van der Waals surface area contributed by atoms with Crippen molar-refractivity contribution in [1.29, 1.82) is 0 Å². The number of hydrogen-bond acceptors (Lipinski definition) is 5. The predicted molar refractivity (Wildman–Crippen MR) is 94.0 cm³/mol. The van der Waals surface area contributed by atoms with Gasteiger partial charge in [-0.2, -0.15) is 11.8 Å². The van der Waals surface area contributed by atoms with Crippen molar-refractivity contribution in [2.45, 2.75) is 69.2 Å². The zero-order chi connectivity index (χ0) is 17.3. The van der Waals surface area contributed by atoms with Gasteiger partial charge in [-0.25, -0.2) is 0 Å². The van der Waals surface area contributed by atoms with Crippen LogP contribution in [0.4, 0.5) is 0 Å². The number of ether oxygens (including phenoxy) is 1. The van der Waals surface area contributed by atoms with Gasteiger partial charge < -0.3 is 9.84 Å². The zero-order valence-corrected chi connectivity index (χ0v) is 15.4. The number of thioether (sulfide) groups is 1. The summed E-state index contributed by atoms with van der Waals surface area (Å²) in [5.41, 5.74) is 0. The molecule has 0 aromatic carbocycles. The standard InChI is InChI=1S/C18H29NO4S/c1-3-23-17(22)15(19-11(2)16(20)21)10-24-18-7-12-4-13(8-18)6-14(5-12)9-18/h11-15,19H,3-10H2,1-2H3,(H,20,21)/t11-,12?,13?,14?,15-,18?/m0/s1. The molecule has 6 heteroatoms. The molecular weight excluding hydrogens is 326 g/mol. The highest BCUT2D eigenvalue weighted by Gasteiger charge is 2.51. The summed E-state index contributed by atoms with van der Waals surface area (Å²) in [7, 11) is 0. The summed E-state index contributed by atoms with van der Waals surface area (Å²) < 4.78 is 5.46. The Labute approximate surface area is 148 Å². The lowest BCUT2D eigenvalue weighted by Crippen LogP contribution is -2.51. The minimum atomic E-state index is -0.941. The fourth-order valence-corrected chi connectivity index (χ4v) is 7.08. The van der Waals surface area contributed by atoms with Crippen LogP contribution in [0.2, 0.25) is 0 Å². The van der Waals surface area contributed by atoms with Gasteiger partial charge in [-0.3, -0.25) is 14.9 Å². The summed E-state index contributed by atoms with van der Waals surface area (Å²) >= 11 is 1.89. The van der Waals surface area contributed by atoms with E-state index in [0.717, 1.165) is 17.8 Å². The Kier molecular flexibility index (Phi) is 5.45. The van der Waals surface area contributed by atoms with Crippen LogP contribution >= 0.6 is 11.8 Å². The maximum atomic E-state index is 12.2. The van der Waals surface area contributed by atoms with Gasteiger partial charge in [-0.15, -0.1) is 0 Å². The van der Waals surface area contributed by atoms with Crippen LogP contribution in [0.25, 0.3) is 0 Å². The van der Waals surface area contributed by atoms with Crippen molar-refractivity contribution in [3.05, 3.63) is 0 Å². The van der Waals surface area contributed by atoms with Crippen LogP contribution in [0.1, 0.15) is 52.4 Å². The Hall–Kier alpha value is -0.750. The van der Waals surface area contributed by atoms with Gasteiger partial charge in [0.1, 0.15) is 12.1 Å². The van der Waals surface area contributed by atoms with Gasteiger partial charge in [0, 0.05) is 10.5 Å². The van der Waals surface area contributed by atoms with Crippen LogP contribution in [0, 0.1) is 17.8 Å². The lowest BCUT2D eigenvalue weighted by atomic mass is 9.56. The Balaban J connectivity index is 1.62. The van der Waals surface area contributed by atoms with Crippen molar-refractivity contribution in [1.82, 2.24) is 5.32 Å². The summed E-state index contributed by atoms with van der Waals surface area (Å²) in [5, 5.41) is 12.1. The van der Waals surface area contributed by atoms with Crippen LogP contribution in [0.3, 0.4) is 0 Å². The van der Waals surface area contributed by atoms with E-state index in [1.165, 1.54) is 38.5 Å². The highest BCUT2D eigenvalue weighted by Crippen LogP contribution is 2.60. The first kappa shape index (κ1) is 18.1. The first-order valence-electron chi connectivity index (χ1n) is 9.20. The van der Waals surface area contributed by atoms with Crippen molar-refractivity contribution >= 4 is 23.7 Å². The third-order valence-corrected chi connectivity index (χ3v) is 7.54. The molecule has 2 N–H and O–H groups in total. The van der Waals surface area contributed by atoms with Gasteiger partial charge in [-0.1, -0.05) is 0 Å². The normalized spacial score (nSPS) is 36.3. The molecule has 0 spiro atoms. The SMILES string of the molecule is CCOC(=O)[C@H](CSC12CC3CC(CC(C3)C1)C2)N[C@@H](C)C(=O)O. The van der Waals surface area contributed by atoms with E-state index in [1.807, 2.05) is 11.8 Å². The highest BCUT2D eigenvalue weighted by atomic mass is 32.2. The van der Waals surface area contributed by atoms with E-state index in [4.69, 9.17) is 9.84 Å². The molecule has 4 fully saturated rings. The third-order valence-electron chi connectivity index (χ3n) is 5.93. The van der Waals surface area contributed by atoms with E-state index in [1.54, 1.807) is 13.8 Å². The third kappa shape index (κ3) is 3.90. The molecule has 2 atom stereocenters. The summed E-state index contributed by atoms with van der Waals surface area (Å²) in [4.78, 5) is 23.3. The van der Waals surface area contributed by atoms with Crippen molar-refractivity contribution in [3.8, 4) is 0 Å². The Morgan fingerprint density at radius 2 is 1.75 bits per heavy atom. The van der Waals surface area contributed by atoms with Gasteiger partial charge in [0.05, 0.1) is 6.61 Å². The molecule has 0 aliphatic heterocycles. The average molecular weight is 356 g/mol. The molecule has 5 nitrogen and oxygen atoms in total. The highest BCUT2D eigenvalue weighted by molar-refractivity contribution is 8.00. The minimum Gasteiger partial charge on any atom is -0.480 e. The maximum Gasteiger partial charge on any atom is 0.324 e. The molecular formula is C18H29NO4S. The van der Waals surface area contributed by atoms with Gasteiger partial charge >= 0.3 is 11.9 Å². The number of rotatable bonds is 8. The molecule has 0 unspecified atom stereocenters. The van der Waals surface area contributed by atoms with Crippen LogP contribution in [-0.4, -0.2) is 46.2 Å². The van der Waals surface area contributed by atoms with Crippen LogP contribution < -0.4 is 5.32 Å². The Morgan fingerprint density at radius 1 is 1.21 bits per heavy atom. The van der Waals surface area contributed by atoms with Crippen LogP contribution in [0.15, 0.2) is 0 Å². The molecule has 0 aromatic rings. The van der Waals surface area contributed by atoms with Crippen molar-refractivity contribution in [2.75, 3.05) is 12.4 Å². The van der Waals surface area contributed by atoms with Crippen molar-refractivity contribution in [2.24, 2.45) is 17.8 Å². The van der Waals surface area contributed by atoms with E-state index >= 15 is 0 Å². The lowest BCUT2D eigenvalue weighted by Gasteiger charge is -2.56. The molecule has 4 aliphatic rings. The smallest absolute Gasteiger partial charge is 0.324 e. The molecule has 4 saturated carbocycles. The molecule has 4 bridgehead atoms. The minimum absolute atomic E-state index is 0.313. The number of hydrogen-bond donors (Lipinski definition) is 2. The van der Waals surface area contributed by atoms with E-state index < -0.39 is 18.1 Å². The number of esters is 1. The Morgan fingerprint density at radius 3 is 2.21 bits per heavy atom. The maximum absolute atomic E-state index is 12.2. The fourth-order valence-electron chi connectivity index (χ4n) is 5.27. The first-order valence-corrected chi connectivity index (χ1v) is 10.2. The Bertz CT molecular complexity index is 460. The summed E-state index contributed by atoms with van der Waals surface area (Å²) in [6.07, 6.45) is 8.01. The van der Waals surface area contributed by atoms with Crippen LogP contribution in [0.5, 0.6) is 0 Å². The quantitative estimate of drug-likeness (QED) is 0.652. The molecule has 0 radical (unpaired) electrons. The predicted octanol–water partition coefficient (Wildman–Crippen LogP) is 2.68. The molecule has 4 aliphatic carbocycles. The number of carbonyl (C=O) groups is 2. The molecule has 4 rings (SSSR count). The van der Waals surface area contributed by atoms with E-state index in [2.05, 4.69) is 5.32 Å². The van der Waals surface area contributed by atoms with E-state index in [0.29, 0.717) is 17.1 Å². The monoisotopic (exact) mass is 355 g/mol. The van der Waals surface area contributed by atoms with E-state index in [9.17, 15) is 9.59 Å².